The molecule has 0 heterocycles. The molecule has 0 N–H and O–H groups in total. The molecule has 0 atom stereocenters. The van der Waals surface area contributed by atoms with Gasteiger partial charge in [-0.15, -0.1) is 0 Å². The van der Waals surface area contributed by atoms with Crippen LogP contribution in [0.15, 0.2) is 48.6 Å². The molecule has 0 aliphatic rings. The zero-order valence-corrected chi connectivity index (χ0v) is 14.0. The third kappa shape index (κ3) is 4.73. The predicted molar refractivity (Wildman–Crippen MR) is 92.6 cm³/mol. The summed E-state index contributed by atoms with van der Waals surface area (Å²) in [5.74, 6) is 1.19. The Labute approximate surface area is 141 Å². The number of ether oxygens (including phenoxy) is 4. The first-order chi connectivity index (χ1) is 11.6. The second-order valence-electron chi connectivity index (χ2n) is 5.19. The van der Waals surface area contributed by atoms with Crippen molar-refractivity contribution in [2.24, 2.45) is 0 Å². The highest BCUT2D eigenvalue weighted by Crippen LogP contribution is 2.31. The van der Waals surface area contributed by atoms with E-state index in [0.29, 0.717) is 25.4 Å². The molecule has 0 bridgehead atoms. The van der Waals surface area contributed by atoms with Crippen molar-refractivity contribution in [3.63, 3.8) is 0 Å². The number of carbonyl (C=O) groups excluding carboxylic acids is 1. The summed E-state index contributed by atoms with van der Waals surface area (Å²) in [4.78, 5) is 11.2. The van der Waals surface area contributed by atoms with Crippen molar-refractivity contribution < 1.29 is 23.7 Å². The molecule has 0 spiro atoms. The summed E-state index contributed by atoms with van der Waals surface area (Å²) >= 11 is 0. The summed E-state index contributed by atoms with van der Waals surface area (Å²) < 4.78 is 21.5. The summed E-state index contributed by atoms with van der Waals surface area (Å²) in [5.41, 5.74) is 0.379. The maximum atomic E-state index is 11.2. The van der Waals surface area contributed by atoms with E-state index in [-0.39, 0.29) is 6.61 Å². The van der Waals surface area contributed by atoms with Crippen molar-refractivity contribution in [1.29, 1.82) is 0 Å². The molecule has 0 aromatic heterocycles. The number of benzene rings is 2. The van der Waals surface area contributed by atoms with Gasteiger partial charge < -0.3 is 18.9 Å². The lowest BCUT2D eigenvalue weighted by atomic mass is 10.1. The van der Waals surface area contributed by atoms with Crippen molar-refractivity contribution in [2.45, 2.75) is 6.92 Å². The van der Waals surface area contributed by atoms with Crippen molar-refractivity contribution in [2.75, 3.05) is 33.5 Å². The number of esters is 1. The molecule has 0 unspecified atom stereocenters. The predicted octanol–water partition coefficient (Wildman–Crippen LogP) is 3.36. The van der Waals surface area contributed by atoms with E-state index >= 15 is 0 Å². The molecule has 0 radical (unpaired) electrons. The lowest BCUT2D eigenvalue weighted by Gasteiger charge is -2.11. The molecule has 0 fully saturated rings. The first-order valence-electron chi connectivity index (χ1n) is 7.72. The zero-order valence-electron chi connectivity index (χ0n) is 14.0. The van der Waals surface area contributed by atoms with E-state index in [1.54, 1.807) is 14.0 Å². The summed E-state index contributed by atoms with van der Waals surface area (Å²) in [7, 11) is 1.65. The number of rotatable bonds is 9. The van der Waals surface area contributed by atoms with Gasteiger partial charge in [-0.3, -0.25) is 0 Å². The molecule has 0 aliphatic heterocycles. The van der Waals surface area contributed by atoms with Crippen molar-refractivity contribution in [3.05, 3.63) is 48.6 Å². The highest BCUT2D eigenvalue weighted by molar-refractivity contribution is 5.93. The fraction of sp³-hybridized carbons (Fsp3) is 0.316. The van der Waals surface area contributed by atoms with Crippen molar-refractivity contribution in [1.82, 2.24) is 0 Å². The summed E-state index contributed by atoms with van der Waals surface area (Å²) in [6.45, 7) is 6.46. The van der Waals surface area contributed by atoms with Crippen LogP contribution in [0, 0.1) is 0 Å². The minimum absolute atomic E-state index is 0.206. The van der Waals surface area contributed by atoms with E-state index in [2.05, 4.69) is 6.58 Å². The van der Waals surface area contributed by atoms with Gasteiger partial charge in [-0.2, -0.15) is 0 Å². The van der Waals surface area contributed by atoms with Gasteiger partial charge in [-0.25, -0.2) is 4.79 Å². The van der Waals surface area contributed by atoms with Gasteiger partial charge in [-0.05, 0) is 19.1 Å². The first-order valence-corrected chi connectivity index (χ1v) is 7.72. The Hall–Kier alpha value is -2.53. The van der Waals surface area contributed by atoms with Crippen LogP contribution in [-0.2, 0) is 14.3 Å². The van der Waals surface area contributed by atoms with Crippen LogP contribution in [0.4, 0.5) is 0 Å². The Morgan fingerprint density at radius 2 is 1.58 bits per heavy atom. The molecule has 5 heteroatoms. The summed E-state index contributed by atoms with van der Waals surface area (Å²) in [5, 5.41) is 2.00. The van der Waals surface area contributed by atoms with Gasteiger partial charge in [0.2, 0.25) is 0 Å². The summed E-state index contributed by atoms with van der Waals surface area (Å²) in [6.07, 6.45) is 0. The molecule has 0 saturated carbocycles. The minimum Gasteiger partial charge on any atom is -0.496 e. The lowest BCUT2D eigenvalue weighted by molar-refractivity contribution is -0.140. The molecule has 2 aromatic carbocycles. The summed E-state index contributed by atoms with van der Waals surface area (Å²) in [6, 6.07) is 11.7. The van der Waals surface area contributed by atoms with Crippen LogP contribution in [0.25, 0.3) is 10.8 Å². The van der Waals surface area contributed by atoms with E-state index in [1.807, 2.05) is 36.4 Å². The molecule has 5 nitrogen and oxygen atoms in total. The van der Waals surface area contributed by atoms with Crippen LogP contribution >= 0.6 is 0 Å². The maximum Gasteiger partial charge on any atom is 0.333 e. The van der Waals surface area contributed by atoms with Gasteiger partial charge >= 0.3 is 5.97 Å². The van der Waals surface area contributed by atoms with Gasteiger partial charge in [-0.1, -0.05) is 30.8 Å². The second kappa shape index (κ2) is 8.93. The average molecular weight is 330 g/mol. The van der Waals surface area contributed by atoms with Gasteiger partial charge in [0.25, 0.3) is 0 Å². The highest BCUT2D eigenvalue weighted by Gasteiger charge is 2.06. The van der Waals surface area contributed by atoms with Gasteiger partial charge in [0.05, 0.1) is 20.3 Å². The maximum absolute atomic E-state index is 11.2. The molecule has 0 saturated heterocycles. The number of carbonyl (C=O) groups is 1. The Morgan fingerprint density at radius 1 is 0.958 bits per heavy atom. The van der Waals surface area contributed by atoms with Crippen LogP contribution in [-0.4, -0.2) is 39.5 Å². The quantitative estimate of drug-likeness (QED) is 0.401. The first kappa shape index (κ1) is 17.8. The highest BCUT2D eigenvalue weighted by atomic mass is 16.6. The Morgan fingerprint density at radius 3 is 2.25 bits per heavy atom. The molecule has 24 heavy (non-hydrogen) atoms. The topological polar surface area (TPSA) is 54.0 Å². The smallest absolute Gasteiger partial charge is 0.333 e. The molecule has 2 aromatic rings. The zero-order chi connectivity index (χ0) is 17.4. The van der Waals surface area contributed by atoms with Crippen molar-refractivity contribution >= 4 is 16.7 Å². The van der Waals surface area contributed by atoms with Crippen LogP contribution in [0.5, 0.6) is 11.5 Å². The van der Waals surface area contributed by atoms with Gasteiger partial charge in [0.15, 0.2) is 0 Å². The molecular formula is C19H22O5. The van der Waals surface area contributed by atoms with E-state index in [1.165, 1.54) is 0 Å². The fourth-order valence-corrected chi connectivity index (χ4v) is 2.19. The molecule has 0 aliphatic carbocycles. The van der Waals surface area contributed by atoms with Crippen molar-refractivity contribution in [3.8, 4) is 11.5 Å². The molecular weight excluding hydrogens is 308 g/mol. The van der Waals surface area contributed by atoms with E-state index < -0.39 is 5.97 Å². The van der Waals surface area contributed by atoms with E-state index in [4.69, 9.17) is 18.9 Å². The normalized spacial score (nSPS) is 10.4. The molecule has 0 amide bonds. The van der Waals surface area contributed by atoms with Gasteiger partial charge in [0, 0.05) is 16.3 Å². The number of hydrogen-bond donors (Lipinski definition) is 0. The minimum atomic E-state index is -0.403. The third-order valence-corrected chi connectivity index (χ3v) is 3.36. The van der Waals surface area contributed by atoms with Gasteiger partial charge in [0.1, 0.15) is 24.7 Å². The second-order valence-corrected chi connectivity index (χ2v) is 5.19. The van der Waals surface area contributed by atoms with E-state index in [9.17, 15) is 4.79 Å². The van der Waals surface area contributed by atoms with E-state index in [0.717, 1.165) is 22.3 Å². The third-order valence-electron chi connectivity index (χ3n) is 3.36. The largest absolute Gasteiger partial charge is 0.496 e. The fourth-order valence-electron chi connectivity index (χ4n) is 2.19. The standard InChI is InChI=1S/C19H22O5/c1-14(2)19(20)24-13-11-22-10-12-23-18-9-5-6-15-16(18)7-4-8-17(15)21-3/h4-9H,1,10-13H2,2-3H3. The van der Waals surface area contributed by atoms with Crippen LogP contribution in [0.2, 0.25) is 0 Å². The average Bonchev–Trinajstić information content (AvgIpc) is 2.60. The van der Waals surface area contributed by atoms with Crippen LogP contribution < -0.4 is 9.47 Å². The van der Waals surface area contributed by atoms with Crippen LogP contribution in [0.1, 0.15) is 6.92 Å². The Kier molecular flexibility index (Phi) is 6.63. The number of hydrogen-bond acceptors (Lipinski definition) is 5. The monoisotopic (exact) mass is 330 g/mol. The Bertz CT molecular complexity index is 708. The molecule has 128 valence electrons. The SMILES string of the molecule is C=C(C)C(=O)OCCOCCOc1cccc2c(OC)cccc12. The molecule has 2 rings (SSSR count). The Balaban J connectivity index is 1.78. The lowest BCUT2D eigenvalue weighted by Crippen LogP contribution is -2.13. The number of fused-ring (bicyclic) bond motifs is 1. The van der Waals surface area contributed by atoms with Crippen LogP contribution in [0.3, 0.4) is 0 Å². The number of methoxy groups -OCH3 is 1.